The Balaban J connectivity index is 2.02. The fraction of sp³-hybridized carbons (Fsp3) is 0.533. The SMILES string of the molecule is COC[C@H]1C(NS(C)(=O)=O)CCN1C(=O)COc1ccc(F)cc1F. The summed E-state index contributed by atoms with van der Waals surface area (Å²) in [6, 6.07) is 1.83. The summed E-state index contributed by atoms with van der Waals surface area (Å²) in [5.74, 6) is -2.32. The molecule has 1 amide bonds. The van der Waals surface area contributed by atoms with Crippen LogP contribution in [0.5, 0.6) is 5.75 Å². The van der Waals surface area contributed by atoms with E-state index in [1.807, 2.05) is 0 Å². The molecule has 1 saturated heterocycles. The van der Waals surface area contributed by atoms with Crippen LogP contribution < -0.4 is 9.46 Å². The number of rotatable bonds is 7. The summed E-state index contributed by atoms with van der Waals surface area (Å²) in [7, 11) is -1.99. The van der Waals surface area contributed by atoms with Gasteiger partial charge in [-0.05, 0) is 18.6 Å². The quantitative estimate of drug-likeness (QED) is 0.747. The van der Waals surface area contributed by atoms with Crippen LogP contribution in [0, 0.1) is 11.6 Å². The van der Waals surface area contributed by atoms with E-state index < -0.39 is 46.3 Å². The number of nitrogens with zero attached hydrogens (tertiary/aromatic N) is 1. The summed E-state index contributed by atoms with van der Waals surface area (Å²) < 4.78 is 62.0. The number of sulfonamides is 1. The number of carbonyl (C=O) groups excluding carboxylic acids is 1. The van der Waals surface area contributed by atoms with Crippen LogP contribution >= 0.6 is 0 Å². The molecule has 2 atom stereocenters. The molecule has 1 aliphatic heterocycles. The lowest BCUT2D eigenvalue weighted by atomic mass is 10.1. The van der Waals surface area contributed by atoms with Crippen molar-refractivity contribution in [2.45, 2.75) is 18.5 Å². The maximum Gasteiger partial charge on any atom is 0.260 e. The van der Waals surface area contributed by atoms with E-state index in [4.69, 9.17) is 9.47 Å². The number of hydrogen-bond donors (Lipinski definition) is 1. The zero-order chi connectivity index (χ0) is 18.6. The second-order valence-corrected chi connectivity index (χ2v) is 7.54. The number of likely N-dealkylation sites (tertiary alicyclic amines) is 1. The largest absolute Gasteiger partial charge is 0.481 e. The molecule has 1 N–H and O–H groups in total. The maximum absolute atomic E-state index is 13.5. The Hall–Kier alpha value is -1.78. The van der Waals surface area contributed by atoms with Crippen molar-refractivity contribution in [2.24, 2.45) is 0 Å². The van der Waals surface area contributed by atoms with Crippen LogP contribution in [0.25, 0.3) is 0 Å². The van der Waals surface area contributed by atoms with Crippen molar-refractivity contribution in [3.8, 4) is 5.75 Å². The third kappa shape index (κ3) is 5.35. The molecule has 0 aliphatic carbocycles. The predicted octanol–water partition coefficient (Wildman–Crippen LogP) is 0.509. The number of benzene rings is 1. The maximum atomic E-state index is 13.5. The van der Waals surface area contributed by atoms with Gasteiger partial charge in [-0.3, -0.25) is 4.79 Å². The van der Waals surface area contributed by atoms with Crippen LogP contribution in [0.2, 0.25) is 0 Å². The lowest BCUT2D eigenvalue weighted by molar-refractivity contribution is -0.135. The lowest BCUT2D eigenvalue weighted by Crippen LogP contribution is -2.49. The second kappa shape index (κ2) is 8.07. The van der Waals surface area contributed by atoms with Crippen molar-refractivity contribution < 1.29 is 31.5 Å². The average Bonchev–Trinajstić information content (AvgIpc) is 2.87. The summed E-state index contributed by atoms with van der Waals surface area (Å²) in [6.07, 6.45) is 1.47. The van der Waals surface area contributed by atoms with Gasteiger partial charge < -0.3 is 14.4 Å². The van der Waals surface area contributed by atoms with Crippen LogP contribution in [0.15, 0.2) is 18.2 Å². The molecule has 1 aromatic rings. The number of halogens is 2. The molecule has 0 aromatic heterocycles. The first-order valence-corrected chi connectivity index (χ1v) is 9.44. The van der Waals surface area contributed by atoms with Crippen molar-refractivity contribution in [3.63, 3.8) is 0 Å². The van der Waals surface area contributed by atoms with E-state index in [1.165, 1.54) is 12.0 Å². The first-order chi connectivity index (χ1) is 11.7. The summed E-state index contributed by atoms with van der Waals surface area (Å²) in [4.78, 5) is 13.8. The fourth-order valence-corrected chi connectivity index (χ4v) is 3.59. The van der Waals surface area contributed by atoms with E-state index in [0.29, 0.717) is 19.0 Å². The Morgan fingerprint density at radius 2 is 2.12 bits per heavy atom. The molecule has 1 aliphatic rings. The van der Waals surface area contributed by atoms with Crippen LogP contribution in [0.3, 0.4) is 0 Å². The minimum absolute atomic E-state index is 0.143. The molecule has 25 heavy (non-hydrogen) atoms. The van der Waals surface area contributed by atoms with Gasteiger partial charge in [0.25, 0.3) is 5.91 Å². The number of amides is 1. The minimum atomic E-state index is -3.43. The van der Waals surface area contributed by atoms with Gasteiger partial charge in [0.05, 0.1) is 18.9 Å². The number of methoxy groups -OCH3 is 1. The Morgan fingerprint density at radius 1 is 1.40 bits per heavy atom. The predicted molar refractivity (Wildman–Crippen MR) is 85.6 cm³/mol. The average molecular weight is 378 g/mol. The zero-order valence-electron chi connectivity index (χ0n) is 13.9. The van der Waals surface area contributed by atoms with Gasteiger partial charge in [0.1, 0.15) is 5.82 Å². The molecule has 1 aromatic carbocycles. The Morgan fingerprint density at radius 3 is 2.72 bits per heavy atom. The van der Waals surface area contributed by atoms with E-state index in [1.54, 1.807) is 0 Å². The summed E-state index contributed by atoms with van der Waals surface area (Å²) >= 11 is 0. The van der Waals surface area contributed by atoms with Crippen molar-refractivity contribution >= 4 is 15.9 Å². The first kappa shape index (κ1) is 19.5. The van der Waals surface area contributed by atoms with Crippen LogP contribution in [0.4, 0.5) is 8.78 Å². The molecular formula is C15H20F2N2O5S. The van der Waals surface area contributed by atoms with Gasteiger partial charge in [-0.1, -0.05) is 0 Å². The number of ether oxygens (including phenoxy) is 2. The van der Waals surface area contributed by atoms with E-state index in [0.717, 1.165) is 18.4 Å². The third-order valence-electron chi connectivity index (χ3n) is 3.81. The molecule has 0 radical (unpaired) electrons. The standard InChI is InChI=1S/C15H20F2N2O5S/c1-23-8-13-12(18-25(2,21)22)5-6-19(13)15(20)9-24-14-4-3-10(16)7-11(14)17/h3-4,7,12-13,18H,5-6,8-9H2,1-2H3/t12?,13-/m0/s1. The molecule has 10 heteroatoms. The molecular weight excluding hydrogens is 358 g/mol. The number of nitrogens with one attached hydrogen (secondary N) is 1. The van der Waals surface area contributed by atoms with Crippen LogP contribution in [-0.4, -0.2) is 64.4 Å². The van der Waals surface area contributed by atoms with Gasteiger partial charge in [-0.2, -0.15) is 0 Å². The molecule has 0 spiro atoms. The van der Waals surface area contributed by atoms with E-state index in [9.17, 15) is 22.0 Å². The second-order valence-electron chi connectivity index (χ2n) is 5.76. The third-order valence-corrected chi connectivity index (χ3v) is 4.54. The summed E-state index contributed by atoms with van der Waals surface area (Å²) in [5, 5.41) is 0. The van der Waals surface area contributed by atoms with Crippen molar-refractivity contribution in [1.82, 2.24) is 9.62 Å². The van der Waals surface area contributed by atoms with Gasteiger partial charge in [0.15, 0.2) is 18.2 Å². The Kier molecular flexibility index (Phi) is 6.31. The highest BCUT2D eigenvalue weighted by Crippen LogP contribution is 2.21. The summed E-state index contributed by atoms with van der Waals surface area (Å²) in [6.45, 7) is 0.00744. The topological polar surface area (TPSA) is 84.9 Å². The molecule has 140 valence electrons. The van der Waals surface area contributed by atoms with E-state index >= 15 is 0 Å². The van der Waals surface area contributed by atoms with Gasteiger partial charge in [-0.25, -0.2) is 21.9 Å². The summed E-state index contributed by atoms with van der Waals surface area (Å²) in [5.41, 5.74) is 0. The molecule has 1 unspecified atom stereocenters. The highest BCUT2D eigenvalue weighted by Gasteiger charge is 2.38. The van der Waals surface area contributed by atoms with Gasteiger partial charge in [0.2, 0.25) is 10.0 Å². The van der Waals surface area contributed by atoms with E-state index in [-0.39, 0.29) is 12.4 Å². The molecule has 7 nitrogen and oxygen atoms in total. The lowest BCUT2D eigenvalue weighted by Gasteiger charge is -2.27. The first-order valence-electron chi connectivity index (χ1n) is 7.55. The molecule has 1 fully saturated rings. The number of carbonyl (C=O) groups is 1. The normalized spacial score (nSPS) is 20.7. The monoisotopic (exact) mass is 378 g/mol. The van der Waals surface area contributed by atoms with Crippen molar-refractivity contribution in [3.05, 3.63) is 29.8 Å². The fourth-order valence-electron chi connectivity index (χ4n) is 2.77. The van der Waals surface area contributed by atoms with Gasteiger partial charge in [0, 0.05) is 25.8 Å². The highest BCUT2D eigenvalue weighted by atomic mass is 32.2. The molecule has 2 rings (SSSR count). The Labute approximate surface area is 145 Å². The van der Waals surface area contributed by atoms with Gasteiger partial charge >= 0.3 is 0 Å². The van der Waals surface area contributed by atoms with Crippen LogP contribution in [0.1, 0.15) is 6.42 Å². The number of hydrogen-bond acceptors (Lipinski definition) is 5. The van der Waals surface area contributed by atoms with Crippen LogP contribution in [-0.2, 0) is 19.6 Å². The highest BCUT2D eigenvalue weighted by molar-refractivity contribution is 7.88. The Bertz CT molecular complexity index is 729. The smallest absolute Gasteiger partial charge is 0.260 e. The minimum Gasteiger partial charge on any atom is -0.481 e. The zero-order valence-corrected chi connectivity index (χ0v) is 14.7. The molecule has 0 saturated carbocycles. The molecule has 1 heterocycles. The van der Waals surface area contributed by atoms with E-state index in [2.05, 4.69) is 4.72 Å². The van der Waals surface area contributed by atoms with Crippen molar-refractivity contribution in [2.75, 3.05) is 33.1 Å². The van der Waals surface area contributed by atoms with Crippen molar-refractivity contribution in [1.29, 1.82) is 0 Å². The molecule has 0 bridgehead atoms. The van der Waals surface area contributed by atoms with Gasteiger partial charge in [-0.15, -0.1) is 0 Å².